The van der Waals surface area contributed by atoms with E-state index in [-0.39, 0.29) is 11.7 Å². The van der Waals surface area contributed by atoms with E-state index in [2.05, 4.69) is 6.92 Å². The monoisotopic (exact) mass is 199 g/mol. The quantitative estimate of drug-likeness (QED) is 0.629. The van der Waals surface area contributed by atoms with Crippen LogP contribution in [0.1, 0.15) is 46.5 Å². The molecule has 1 amide bonds. The molecule has 0 aliphatic heterocycles. The Morgan fingerprint density at radius 2 is 1.64 bits per heavy atom. The fourth-order valence-electron chi connectivity index (χ4n) is 1.29. The molecule has 0 saturated heterocycles. The van der Waals surface area contributed by atoms with Crippen LogP contribution in [-0.2, 0) is 9.59 Å². The minimum absolute atomic E-state index is 0.113. The van der Waals surface area contributed by atoms with Crippen LogP contribution in [-0.4, -0.2) is 29.7 Å². The van der Waals surface area contributed by atoms with E-state index in [1.807, 2.05) is 4.90 Å². The van der Waals surface area contributed by atoms with E-state index in [1.54, 1.807) is 13.8 Å². The molecule has 0 unspecified atom stereocenters. The lowest BCUT2D eigenvalue weighted by atomic mass is 10.2. The second-order valence-electron chi connectivity index (χ2n) is 3.67. The molecule has 0 fully saturated rings. The summed E-state index contributed by atoms with van der Waals surface area (Å²) in [7, 11) is 0. The number of rotatable bonds is 7. The summed E-state index contributed by atoms with van der Waals surface area (Å²) < 4.78 is 0. The molecule has 14 heavy (non-hydrogen) atoms. The number of hydrogen-bond acceptors (Lipinski definition) is 2. The number of ketones is 1. The predicted octanol–water partition coefficient (Wildman–Crippen LogP) is 2.00. The van der Waals surface area contributed by atoms with Gasteiger partial charge >= 0.3 is 0 Å². The SMILES string of the molecule is CCCCN(CCCC(C)=O)C(C)=O. The number of amides is 1. The summed E-state index contributed by atoms with van der Waals surface area (Å²) in [6, 6.07) is 0. The number of Topliss-reactive ketones (excluding diaryl/α,β-unsaturated/α-hetero) is 1. The van der Waals surface area contributed by atoms with Crippen molar-refractivity contribution in [2.75, 3.05) is 13.1 Å². The van der Waals surface area contributed by atoms with Crippen LogP contribution in [0.4, 0.5) is 0 Å². The number of carbonyl (C=O) groups excluding carboxylic acids is 2. The molecule has 0 rings (SSSR count). The summed E-state index contributed by atoms with van der Waals surface area (Å²) in [5.74, 6) is 0.311. The molecule has 0 saturated carbocycles. The second-order valence-corrected chi connectivity index (χ2v) is 3.67. The Morgan fingerprint density at radius 1 is 1.07 bits per heavy atom. The van der Waals surface area contributed by atoms with Crippen molar-refractivity contribution in [3.63, 3.8) is 0 Å². The average Bonchev–Trinajstić information content (AvgIpc) is 2.09. The average molecular weight is 199 g/mol. The van der Waals surface area contributed by atoms with Gasteiger partial charge in [0.1, 0.15) is 5.78 Å². The molecule has 0 radical (unpaired) electrons. The smallest absolute Gasteiger partial charge is 0.219 e. The van der Waals surface area contributed by atoms with E-state index < -0.39 is 0 Å². The third-order valence-corrected chi connectivity index (χ3v) is 2.18. The second kappa shape index (κ2) is 7.54. The number of carbonyl (C=O) groups is 2. The maximum atomic E-state index is 11.2. The molecule has 0 aliphatic rings. The lowest BCUT2D eigenvalue weighted by Gasteiger charge is -2.20. The standard InChI is InChI=1S/C11H21NO2/c1-4-5-8-12(11(3)14)9-6-7-10(2)13/h4-9H2,1-3H3. The fraction of sp³-hybridized carbons (Fsp3) is 0.818. The van der Waals surface area contributed by atoms with Gasteiger partial charge in [0.2, 0.25) is 5.91 Å². The van der Waals surface area contributed by atoms with E-state index in [4.69, 9.17) is 0 Å². The summed E-state index contributed by atoms with van der Waals surface area (Å²) in [5.41, 5.74) is 0. The van der Waals surface area contributed by atoms with Crippen LogP contribution in [0.25, 0.3) is 0 Å². The van der Waals surface area contributed by atoms with Gasteiger partial charge in [-0.1, -0.05) is 13.3 Å². The van der Waals surface area contributed by atoms with Crippen LogP contribution in [0.5, 0.6) is 0 Å². The van der Waals surface area contributed by atoms with E-state index >= 15 is 0 Å². The van der Waals surface area contributed by atoms with Crippen molar-refractivity contribution in [2.24, 2.45) is 0 Å². The van der Waals surface area contributed by atoms with Gasteiger partial charge in [0, 0.05) is 26.4 Å². The molecular formula is C11H21NO2. The molecule has 0 N–H and O–H groups in total. The highest BCUT2D eigenvalue weighted by molar-refractivity contribution is 5.75. The van der Waals surface area contributed by atoms with Crippen molar-refractivity contribution in [1.29, 1.82) is 0 Å². The van der Waals surface area contributed by atoms with Gasteiger partial charge in [0.05, 0.1) is 0 Å². The van der Waals surface area contributed by atoms with Gasteiger partial charge in [-0.2, -0.15) is 0 Å². The molecular weight excluding hydrogens is 178 g/mol. The third kappa shape index (κ3) is 6.63. The van der Waals surface area contributed by atoms with Crippen molar-refractivity contribution in [2.45, 2.75) is 46.5 Å². The summed E-state index contributed by atoms with van der Waals surface area (Å²) in [6.07, 6.45) is 3.50. The van der Waals surface area contributed by atoms with Crippen molar-refractivity contribution in [3.8, 4) is 0 Å². The first kappa shape index (κ1) is 13.1. The molecule has 0 spiro atoms. The lowest BCUT2D eigenvalue weighted by Crippen LogP contribution is -2.30. The van der Waals surface area contributed by atoms with Gasteiger partial charge in [-0.3, -0.25) is 4.79 Å². The maximum absolute atomic E-state index is 11.2. The summed E-state index contributed by atoms with van der Waals surface area (Å²) in [6.45, 7) is 6.82. The minimum atomic E-state index is 0.113. The molecule has 0 aromatic heterocycles. The fourth-order valence-corrected chi connectivity index (χ4v) is 1.29. The van der Waals surface area contributed by atoms with E-state index in [0.29, 0.717) is 6.42 Å². The number of unbranched alkanes of at least 4 members (excludes halogenated alkanes) is 1. The topological polar surface area (TPSA) is 37.4 Å². The van der Waals surface area contributed by atoms with Gasteiger partial charge < -0.3 is 9.69 Å². The summed E-state index contributed by atoms with van der Waals surface area (Å²) >= 11 is 0. The molecule has 3 heteroatoms. The van der Waals surface area contributed by atoms with Gasteiger partial charge in [0.15, 0.2) is 0 Å². The van der Waals surface area contributed by atoms with Gasteiger partial charge in [-0.05, 0) is 19.8 Å². The van der Waals surface area contributed by atoms with Gasteiger partial charge in [-0.15, -0.1) is 0 Å². The Kier molecular flexibility index (Phi) is 7.07. The normalized spacial score (nSPS) is 9.93. The highest BCUT2D eigenvalue weighted by Gasteiger charge is 2.07. The molecule has 3 nitrogen and oxygen atoms in total. The number of nitrogens with zero attached hydrogens (tertiary/aromatic N) is 1. The zero-order chi connectivity index (χ0) is 11.0. The van der Waals surface area contributed by atoms with Crippen molar-refractivity contribution >= 4 is 11.7 Å². The van der Waals surface area contributed by atoms with E-state index in [9.17, 15) is 9.59 Å². The first-order valence-corrected chi connectivity index (χ1v) is 5.32. The maximum Gasteiger partial charge on any atom is 0.219 e. The van der Waals surface area contributed by atoms with E-state index in [0.717, 1.165) is 32.4 Å². The highest BCUT2D eigenvalue weighted by atomic mass is 16.2. The zero-order valence-corrected chi connectivity index (χ0v) is 9.51. The van der Waals surface area contributed by atoms with Crippen molar-refractivity contribution in [3.05, 3.63) is 0 Å². The van der Waals surface area contributed by atoms with Gasteiger partial charge in [-0.25, -0.2) is 0 Å². The number of hydrogen-bond donors (Lipinski definition) is 0. The van der Waals surface area contributed by atoms with E-state index in [1.165, 1.54) is 0 Å². The van der Waals surface area contributed by atoms with Crippen LogP contribution in [0.15, 0.2) is 0 Å². The summed E-state index contributed by atoms with van der Waals surface area (Å²) in [4.78, 5) is 23.7. The van der Waals surface area contributed by atoms with Crippen molar-refractivity contribution in [1.82, 2.24) is 4.90 Å². The predicted molar refractivity (Wildman–Crippen MR) is 57.1 cm³/mol. The molecule has 0 aromatic rings. The Balaban J connectivity index is 3.73. The molecule has 82 valence electrons. The minimum Gasteiger partial charge on any atom is -0.343 e. The first-order valence-electron chi connectivity index (χ1n) is 5.32. The Hall–Kier alpha value is -0.860. The van der Waals surface area contributed by atoms with Crippen LogP contribution < -0.4 is 0 Å². The molecule has 0 bridgehead atoms. The lowest BCUT2D eigenvalue weighted by molar-refractivity contribution is -0.129. The third-order valence-electron chi connectivity index (χ3n) is 2.18. The Labute approximate surface area is 86.5 Å². The van der Waals surface area contributed by atoms with Crippen molar-refractivity contribution < 1.29 is 9.59 Å². The molecule has 0 atom stereocenters. The molecule has 0 aromatic carbocycles. The van der Waals surface area contributed by atoms with Crippen LogP contribution in [0, 0.1) is 0 Å². The van der Waals surface area contributed by atoms with Crippen LogP contribution >= 0.6 is 0 Å². The van der Waals surface area contributed by atoms with Crippen LogP contribution in [0.2, 0.25) is 0 Å². The molecule has 0 aliphatic carbocycles. The largest absolute Gasteiger partial charge is 0.343 e. The highest BCUT2D eigenvalue weighted by Crippen LogP contribution is 2.00. The van der Waals surface area contributed by atoms with Crippen LogP contribution in [0.3, 0.4) is 0 Å². The Morgan fingerprint density at radius 3 is 2.07 bits per heavy atom. The van der Waals surface area contributed by atoms with Gasteiger partial charge in [0.25, 0.3) is 0 Å². The molecule has 0 heterocycles. The Bertz CT molecular complexity index is 190. The first-order chi connectivity index (χ1) is 6.57. The summed E-state index contributed by atoms with van der Waals surface area (Å²) in [5, 5.41) is 0. The zero-order valence-electron chi connectivity index (χ0n) is 9.51.